The largest absolute Gasteiger partial charge is 0.383 e. The summed E-state index contributed by atoms with van der Waals surface area (Å²) in [6.07, 6.45) is 0.287. The number of nitrogens with zero attached hydrogens (tertiary/aromatic N) is 2. The summed E-state index contributed by atoms with van der Waals surface area (Å²) in [6.45, 7) is 7.97. The number of hydrogen-bond donors (Lipinski definition) is 0. The average Bonchev–Trinajstić information content (AvgIpc) is 2.33. The molecule has 0 aromatic rings. The molecule has 0 unspecified atom stereocenters. The second-order valence-corrected chi connectivity index (χ2v) is 3.54. The molecule has 0 atom stereocenters. The molecule has 0 amide bonds. The zero-order chi connectivity index (χ0) is 12.9. The third-order valence-electron chi connectivity index (χ3n) is 2.26. The van der Waals surface area contributed by atoms with E-state index >= 15 is 0 Å². The van der Waals surface area contributed by atoms with Crippen molar-refractivity contribution in [3.8, 4) is 6.07 Å². The Morgan fingerprint density at radius 1 is 1.18 bits per heavy atom. The monoisotopic (exact) mass is 244 g/mol. The van der Waals surface area contributed by atoms with Crippen LogP contribution in [0.1, 0.15) is 20.3 Å². The molecule has 0 aliphatic rings. The lowest BCUT2D eigenvalue weighted by Crippen LogP contribution is -2.38. The fourth-order valence-electron chi connectivity index (χ4n) is 1.46. The van der Waals surface area contributed by atoms with Crippen molar-refractivity contribution in [2.75, 3.05) is 46.6 Å². The fraction of sp³-hybridized carbons (Fsp3) is 0.917. The molecule has 100 valence electrons. The molecule has 0 aliphatic carbocycles. The standard InChI is InChI=1S/C12H24N2O3/c1-4-16-12(17-5-2)11-14(8-6-7-13)9-10-15-3/h12H,4-6,8-11H2,1-3H3. The van der Waals surface area contributed by atoms with E-state index in [-0.39, 0.29) is 6.29 Å². The van der Waals surface area contributed by atoms with Gasteiger partial charge in [-0.2, -0.15) is 5.26 Å². The van der Waals surface area contributed by atoms with E-state index in [1.165, 1.54) is 0 Å². The minimum absolute atomic E-state index is 0.222. The van der Waals surface area contributed by atoms with Gasteiger partial charge in [-0.15, -0.1) is 0 Å². The summed E-state index contributed by atoms with van der Waals surface area (Å²) in [5.74, 6) is 0. The van der Waals surface area contributed by atoms with Gasteiger partial charge in [0.15, 0.2) is 6.29 Å². The molecular formula is C12H24N2O3. The first-order chi connectivity index (χ1) is 8.28. The van der Waals surface area contributed by atoms with E-state index in [2.05, 4.69) is 11.0 Å². The van der Waals surface area contributed by atoms with E-state index in [0.717, 1.165) is 13.1 Å². The Morgan fingerprint density at radius 3 is 2.29 bits per heavy atom. The minimum atomic E-state index is -0.222. The Morgan fingerprint density at radius 2 is 1.82 bits per heavy atom. The van der Waals surface area contributed by atoms with E-state index in [1.807, 2.05) is 13.8 Å². The molecule has 0 aliphatic heterocycles. The van der Waals surface area contributed by atoms with Gasteiger partial charge in [0.05, 0.1) is 12.7 Å². The van der Waals surface area contributed by atoms with Gasteiger partial charge >= 0.3 is 0 Å². The van der Waals surface area contributed by atoms with E-state index in [4.69, 9.17) is 19.5 Å². The maximum Gasteiger partial charge on any atom is 0.170 e. The summed E-state index contributed by atoms with van der Waals surface area (Å²) in [6, 6.07) is 2.15. The quantitative estimate of drug-likeness (QED) is 0.512. The van der Waals surface area contributed by atoms with Gasteiger partial charge in [-0.05, 0) is 13.8 Å². The maximum atomic E-state index is 8.61. The van der Waals surface area contributed by atoms with Crippen molar-refractivity contribution in [2.24, 2.45) is 0 Å². The van der Waals surface area contributed by atoms with Gasteiger partial charge in [-0.1, -0.05) is 0 Å². The van der Waals surface area contributed by atoms with E-state index in [1.54, 1.807) is 7.11 Å². The lowest BCUT2D eigenvalue weighted by Gasteiger charge is -2.26. The highest BCUT2D eigenvalue weighted by molar-refractivity contribution is 4.73. The molecule has 0 aromatic carbocycles. The van der Waals surface area contributed by atoms with Crippen LogP contribution in [-0.2, 0) is 14.2 Å². The Kier molecular flexibility index (Phi) is 11.3. The van der Waals surface area contributed by atoms with Crippen molar-refractivity contribution in [3.63, 3.8) is 0 Å². The minimum Gasteiger partial charge on any atom is -0.383 e. The van der Waals surface area contributed by atoms with Crippen LogP contribution >= 0.6 is 0 Å². The maximum absolute atomic E-state index is 8.61. The number of methoxy groups -OCH3 is 1. The number of nitriles is 1. The van der Waals surface area contributed by atoms with Crippen LogP contribution in [0.4, 0.5) is 0 Å². The summed E-state index contributed by atoms with van der Waals surface area (Å²) in [5.41, 5.74) is 0. The zero-order valence-electron chi connectivity index (χ0n) is 11.1. The molecule has 17 heavy (non-hydrogen) atoms. The van der Waals surface area contributed by atoms with Gasteiger partial charge in [0, 0.05) is 46.4 Å². The highest BCUT2D eigenvalue weighted by Gasteiger charge is 2.13. The van der Waals surface area contributed by atoms with Crippen molar-refractivity contribution < 1.29 is 14.2 Å². The van der Waals surface area contributed by atoms with E-state index in [9.17, 15) is 0 Å². The second-order valence-electron chi connectivity index (χ2n) is 3.54. The molecule has 5 nitrogen and oxygen atoms in total. The first-order valence-electron chi connectivity index (χ1n) is 6.09. The SMILES string of the molecule is CCOC(CN(CCC#N)CCOC)OCC. The van der Waals surface area contributed by atoms with Crippen molar-refractivity contribution >= 4 is 0 Å². The Labute approximate surface area is 104 Å². The second kappa shape index (κ2) is 11.8. The van der Waals surface area contributed by atoms with Crippen LogP contribution in [0.25, 0.3) is 0 Å². The third-order valence-corrected chi connectivity index (χ3v) is 2.26. The van der Waals surface area contributed by atoms with Crippen LogP contribution in [0.2, 0.25) is 0 Å². The molecule has 0 aromatic heterocycles. The van der Waals surface area contributed by atoms with Crippen LogP contribution in [0, 0.1) is 11.3 Å². The molecule has 0 saturated heterocycles. The van der Waals surface area contributed by atoms with Gasteiger partial charge in [-0.25, -0.2) is 0 Å². The predicted octanol–water partition coefficient (Wildman–Crippen LogP) is 1.25. The molecule has 0 saturated carbocycles. The summed E-state index contributed by atoms with van der Waals surface area (Å²) >= 11 is 0. The van der Waals surface area contributed by atoms with Crippen LogP contribution in [0.3, 0.4) is 0 Å². The highest BCUT2D eigenvalue weighted by Crippen LogP contribution is 2.01. The molecule has 0 N–H and O–H groups in total. The summed E-state index contributed by atoms with van der Waals surface area (Å²) < 4.78 is 16.0. The average molecular weight is 244 g/mol. The Hall–Kier alpha value is -0.670. The van der Waals surface area contributed by atoms with E-state index in [0.29, 0.717) is 32.8 Å². The molecule has 0 spiro atoms. The smallest absolute Gasteiger partial charge is 0.170 e. The Bertz CT molecular complexity index is 200. The predicted molar refractivity (Wildman–Crippen MR) is 65.6 cm³/mol. The molecule has 0 bridgehead atoms. The summed E-state index contributed by atoms with van der Waals surface area (Å²) in [7, 11) is 1.67. The molecule has 0 heterocycles. The fourth-order valence-corrected chi connectivity index (χ4v) is 1.46. The Balaban J connectivity index is 4.09. The number of rotatable bonds is 11. The van der Waals surface area contributed by atoms with Gasteiger partial charge in [0.1, 0.15) is 0 Å². The highest BCUT2D eigenvalue weighted by atomic mass is 16.7. The van der Waals surface area contributed by atoms with Crippen molar-refractivity contribution in [2.45, 2.75) is 26.6 Å². The topological polar surface area (TPSA) is 54.7 Å². The van der Waals surface area contributed by atoms with Gasteiger partial charge < -0.3 is 14.2 Å². The van der Waals surface area contributed by atoms with Crippen LogP contribution in [0.15, 0.2) is 0 Å². The van der Waals surface area contributed by atoms with Crippen LogP contribution < -0.4 is 0 Å². The summed E-state index contributed by atoms with van der Waals surface area (Å²) in [5, 5.41) is 8.61. The van der Waals surface area contributed by atoms with Crippen LogP contribution in [-0.4, -0.2) is 57.8 Å². The molecule has 5 heteroatoms. The summed E-state index contributed by atoms with van der Waals surface area (Å²) in [4.78, 5) is 2.13. The molecular weight excluding hydrogens is 220 g/mol. The van der Waals surface area contributed by atoms with Gasteiger partial charge in [-0.3, -0.25) is 4.90 Å². The lowest BCUT2D eigenvalue weighted by atomic mass is 10.4. The number of ether oxygens (including phenoxy) is 3. The van der Waals surface area contributed by atoms with Crippen molar-refractivity contribution in [1.82, 2.24) is 4.90 Å². The molecule has 0 rings (SSSR count). The zero-order valence-corrected chi connectivity index (χ0v) is 11.1. The molecule has 0 radical (unpaired) electrons. The molecule has 0 fully saturated rings. The van der Waals surface area contributed by atoms with Gasteiger partial charge in [0.25, 0.3) is 0 Å². The number of hydrogen-bond acceptors (Lipinski definition) is 5. The normalized spacial score (nSPS) is 11.1. The first kappa shape index (κ1) is 16.3. The third kappa shape index (κ3) is 9.07. The van der Waals surface area contributed by atoms with Crippen molar-refractivity contribution in [3.05, 3.63) is 0 Å². The van der Waals surface area contributed by atoms with Crippen molar-refractivity contribution in [1.29, 1.82) is 5.26 Å². The van der Waals surface area contributed by atoms with E-state index < -0.39 is 0 Å². The van der Waals surface area contributed by atoms with Crippen LogP contribution in [0.5, 0.6) is 0 Å². The first-order valence-corrected chi connectivity index (χ1v) is 6.09. The lowest BCUT2D eigenvalue weighted by molar-refractivity contribution is -0.147. The van der Waals surface area contributed by atoms with Gasteiger partial charge in [0.2, 0.25) is 0 Å².